The van der Waals surface area contributed by atoms with Crippen LogP contribution in [0.3, 0.4) is 0 Å². The van der Waals surface area contributed by atoms with Crippen LogP contribution in [0.15, 0.2) is 24.3 Å². The number of hydrogen-bond acceptors (Lipinski definition) is 2. The molecule has 1 fully saturated rings. The average molecular weight is 240 g/mol. The molecule has 0 spiro atoms. The minimum Gasteiger partial charge on any atom is -0.395 e. The third-order valence-electron chi connectivity index (χ3n) is 3.08. The van der Waals surface area contributed by atoms with E-state index in [9.17, 15) is 0 Å². The van der Waals surface area contributed by atoms with E-state index < -0.39 is 0 Å². The molecule has 0 amide bonds. The van der Waals surface area contributed by atoms with Gasteiger partial charge in [-0.05, 0) is 30.9 Å². The van der Waals surface area contributed by atoms with E-state index in [1.54, 1.807) is 0 Å². The van der Waals surface area contributed by atoms with Gasteiger partial charge in [-0.15, -0.1) is 0 Å². The molecule has 88 valence electrons. The molecule has 0 radical (unpaired) electrons. The van der Waals surface area contributed by atoms with E-state index >= 15 is 0 Å². The fourth-order valence-corrected chi connectivity index (χ4v) is 2.24. The van der Waals surface area contributed by atoms with Crippen LogP contribution in [0.4, 0.5) is 0 Å². The topological polar surface area (TPSA) is 23.5 Å². The Labute approximate surface area is 102 Å². The molecule has 0 atom stereocenters. The van der Waals surface area contributed by atoms with Crippen molar-refractivity contribution in [3.63, 3.8) is 0 Å². The Kier molecular flexibility index (Phi) is 4.22. The standard InChI is InChI=1S/C13H18ClNO/c14-13-4-2-1-3-11(13)7-8-15(9-10-16)12-5-6-12/h1-4,12,16H,5-10H2. The second kappa shape index (κ2) is 5.67. The zero-order valence-electron chi connectivity index (χ0n) is 9.40. The first-order valence-electron chi connectivity index (χ1n) is 5.89. The number of benzene rings is 1. The molecule has 1 aliphatic rings. The van der Waals surface area contributed by atoms with Gasteiger partial charge in [0.25, 0.3) is 0 Å². The highest BCUT2D eigenvalue weighted by atomic mass is 35.5. The molecular formula is C13H18ClNO. The maximum Gasteiger partial charge on any atom is 0.0558 e. The van der Waals surface area contributed by atoms with Crippen LogP contribution in [-0.2, 0) is 6.42 Å². The lowest BCUT2D eigenvalue weighted by Gasteiger charge is -2.20. The summed E-state index contributed by atoms with van der Waals surface area (Å²) in [4.78, 5) is 2.36. The molecule has 16 heavy (non-hydrogen) atoms. The largest absolute Gasteiger partial charge is 0.395 e. The fraction of sp³-hybridized carbons (Fsp3) is 0.538. The molecule has 0 heterocycles. The van der Waals surface area contributed by atoms with E-state index in [0.717, 1.165) is 24.5 Å². The van der Waals surface area contributed by atoms with Crippen molar-refractivity contribution < 1.29 is 5.11 Å². The highest BCUT2D eigenvalue weighted by Crippen LogP contribution is 2.27. The zero-order chi connectivity index (χ0) is 11.4. The molecular weight excluding hydrogens is 222 g/mol. The monoisotopic (exact) mass is 239 g/mol. The second-order valence-electron chi connectivity index (χ2n) is 4.33. The number of rotatable bonds is 6. The smallest absolute Gasteiger partial charge is 0.0558 e. The summed E-state index contributed by atoms with van der Waals surface area (Å²) in [6, 6.07) is 8.69. The van der Waals surface area contributed by atoms with E-state index in [-0.39, 0.29) is 6.61 Å². The van der Waals surface area contributed by atoms with E-state index in [2.05, 4.69) is 11.0 Å². The molecule has 1 aromatic carbocycles. The lowest BCUT2D eigenvalue weighted by Crippen LogP contribution is -2.31. The van der Waals surface area contributed by atoms with Crippen molar-refractivity contribution in [3.05, 3.63) is 34.9 Å². The molecule has 2 rings (SSSR count). The van der Waals surface area contributed by atoms with E-state index in [4.69, 9.17) is 16.7 Å². The summed E-state index contributed by atoms with van der Waals surface area (Å²) in [5.74, 6) is 0. The maximum absolute atomic E-state index is 9.00. The van der Waals surface area contributed by atoms with Crippen molar-refractivity contribution in [2.45, 2.75) is 25.3 Å². The van der Waals surface area contributed by atoms with Crippen molar-refractivity contribution in [2.24, 2.45) is 0 Å². The van der Waals surface area contributed by atoms with Crippen LogP contribution in [0.1, 0.15) is 18.4 Å². The van der Waals surface area contributed by atoms with Gasteiger partial charge in [0.05, 0.1) is 6.61 Å². The average Bonchev–Trinajstić information content (AvgIpc) is 3.10. The minimum atomic E-state index is 0.249. The second-order valence-corrected chi connectivity index (χ2v) is 4.74. The van der Waals surface area contributed by atoms with Gasteiger partial charge in [0.1, 0.15) is 0 Å². The third kappa shape index (κ3) is 3.21. The van der Waals surface area contributed by atoms with Crippen LogP contribution in [0.5, 0.6) is 0 Å². The van der Waals surface area contributed by atoms with Crippen LogP contribution in [0.25, 0.3) is 0 Å². The highest BCUT2D eigenvalue weighted by molar-refractivity contribution is 6.31. The van der Waals surface area contributed by atoms with Crippen LogP contribution in [0.2, 0.25) is 5.02 Å². The van der Waals surface area contributed by atoms with E-state index in [1.165, 1.54) is 18.4 Å². The normalized spacial score (nSPS) is 15.7. The minimum absolute atomic E-state index is 0.249. The van der Waals surface area contributed by atoms with Gasteiger partial charge in [0, 0.05) is 24.2 Å². The molecule has 1 aromatic rings. The van der Waals surface area contributed by atoms with Gasteiger partial charge in [-0.1, -0.05) is 29.8 Å². The number of nitrogens with zero attached hydrogens (tertiary/aromatic N) is 1. The Morgan fingerprint density at radius 3 is 2.62 bits per heavy atom. The predicted octanol–water partition coefficient (Wildman–Crippen LogP) is 2.34. The summed E-state index contributed by atoms with van der Waals surface area (Å²) < 4.78 is 0. The number of hydrogen-bond donors (Lipinski definition) is 1. The van der Waals surface area contributed by atoms with E-state index in [0.29, 0.717) is 6.04 Å². The number of halogens is 1. The maximum atomic E-state index is 9.00. The van der Waals surface area contributed by atoms with Gasteiger partial charge in [0.15, 0.2) is 0 Å². The van der Waals surface area contributed by atoms with Crippen LogP contribution >= 0.6 is 11.6 Å². The fourth-order valence-electron chi connectivity index (χ4n) is 2.01. The highest BCUT2D eigenvalue weighted by Gasteiger charge is 2.27. The van der Waals surface area contributed by atoms with Crippen molar-refractivity contribution in [3.8, 4) is 0 Å². The number of aliphatic hydroxyl groups is 1. The van der Waals surface area contributed by atoms with Crippen molar-refractivity contribution in [2.75, 3.05) is 19.7 Å². The third-order valence-corrected chi connectivity index (χ3v) is 3.45. The first kappa shape index (κ1) is 11.9. The Bertz CT molecular complexity index is 338. The summed E-state index contributed by atoms with van der Waals surface area (Å²) in [5.41, 5.74) is 1.20. The van der Waals surface area contributed by atoms with Crippen LogP contribution in [-0.4, -0.2) is 35.7 Å². The van der Waals surface area contributed by atoms with Gasteiger partial charge in [-0.2, -0.15) is 0 Å². The molecule has 1 saturated carbocycles. The van der Waals surface area contributed by atoms with Gasteiger partial charge in [-0.25, -0.2) is 0 Å². The van der Waals surface area contributed by atoms with E-state index in [1.807, 2.05) is 18.2 Å². The van der Waals surface area contributed by atoms with Gasteiger partial charge in [0.2, 0.25) is 0 Å². The molecule has 3 heteroatoms. The lowest BCUT2D eigenvalue weighted by atomic mass is 10.1. The Morgan fingerprint density at radius 2 is 2.00 bits per heavy atom. The Morgan fingerprint density at radius 1 is 1.25 bits per heavy atom. The molecule has 2 nitrogen and oxygen atoms in total. The summed E-state index contributed by atoms with van der Waals surface area (Å²) in [7, 11) is 0. The van der Waals surface area contributed by atoms with Crippen LogP contribution in [0, 0.1) is 0 Å². The molecule has 0 saturated heterocycles. The molecule has 0 aromatic heterocycles. The SMILES string of the molecule is OCCN(CCc1ccccc1Cl)C1CC1. The van der Waals surface area contributed by atoms with Gasteiger partial charge >= 0.3 is 0 Å². The summed E-state index contributed by atoms with van der Waals surface area (Å²) in [6.45, 7) is 2.03. The summed E-state index contributed by atoms with van der Waals surface area (Å²) in [6.07, 6.45) is 3.53. The number of aliphatic hydroxyl groups excluding tert-OH is 1. The quantitative estimate of drug-likeness (QED) is 0.824. The van der Waals surface area contributed by atoms with Gasteiger partial charge in [-0.3, -0.25) is 4.90 Å². The van der Waals surface area contributed by atoms with Crippen molar-refractivity contribution >= 4 is 11.6 Å². The molecule has 0 aliphatic heterocycles. The first-order valence-corrected chi connectivity index (χ1v) is 6.27. The Hall–Kier alpha value is -0.570. The lowest BCUT2D eigenvalue weighted by molar-refractivity contribution is 0.191. The molecule has 0 bridgehead atoms. The molecule has 1 aliphatic carbocycles. The van der Waals surface area contributed by atoms with Crippen molar-refractivity contribution in [1.29, 1.82) is 0 Å². The molecule has 1 N–H and O–H groups in total. The summed E-state index contributed by atoms with van der Waals surface area (Å²) in [5, 5.41) is 9.85. The van der Waals surface area contributed by atoms with Gasteiger partial charge < -0.3 is 5.11 Å². The Balaban J connectivity index is 1.87. The predicted molar refractivity (Wildman–Crippen MR) is 66.8 cm³/mol. The van der Waals surface area contributed by atoms with Crippen molar-refractivity contribution in [1.82, 2.24) is 4.90 Å². The molecule has 0 unspecified atom stereocenters. The summed E-state index contributed by atoms with van der Waals surface area (Å²) >= 11 is 6.11. The van der Waals surface area contributed by atoms with Crippen LogP contribution < -0.4 is 0 Å². The zero-order valence-corrected chi connectivity index (χ0v) is 10.2. The first-order chi connectivity index (χ1) is 7.81.